The summed E-state index contributed by atoms with van der Waals surface area (Å²) in [6.45, 7) is 7.11. The highest BCUT2D eigenvalue weighted by Gasteiger charge is 2.26. The van der Waals surface area contributed by atoms with Gasteiger partial charge < -0.3 is 10.1 Å². The molecule has 0 aromatic heterocycles. The van der Waals surface area contributed by atoms with Gasteiger partial charge in [-0.15, -0.1) is 0 Å². The van der Waals surface area contributed by atoms with Gasteiger partial charge in [-0.05, 0) is 50.1 Å². The fourth-order valence-corrected chi connectivity index (χ4v) is 2.94. The van der Waals surface area contributed by atoms with E-state index >= 15 is 0 Å². The quantitative estimate of drug-likeness (QED) is 0.535. The summed E-state index contributed by atoms with van der Waals surface area (Å²) in [4.78, 5) is 37.3. The first kappa shape index (κ1) is 23.4. The zero-order valence-corrected chi connectivity index (χ0v) is 18.9. The maximum Gasteiger partial charge on any atom is 0.279 e. The third kappa shape index (κ3) is 6.88. The van der Waals surface area contributed by atoms with Crippen LogP contribution in [0.4, 0.5) is 0 Å². The van der Waals surface area contributed by atoms with Crippen LogP contribution in [0.5, 0.6) is 5.75 Å². The molecule has 0 heterocycles. The van der Waals surface area contributed by atoms with Crippen LogP contribution >= 0.6 is 15.9 Å². The van der Waals surface area contributed by atoms with Crippen LogP contribution < -0.4 is 20.9 Å². The van der Waals surface area contributed by atoms with Crippen LogP contribution in [0.1, 0.15) is 36.7 Å². The Morgan fingerprint density at radius 3 is 2.17 bits per heavy atom. The fourth-order valence-electron chi connectivity index (χ4n) is 2.57. The number of hydrogen-bond acceptors (Lipinski definition) is 4. The van der Waals surface area contributed by atoms with E-state index in [0.717, 1.165) is 10.0 Å². The van der Waals surface area contributed by atoms with Gasteiger partial charge in [-0.25, -0.2) is 0 Å². The molecule has 0 fully saturated rings. The van der Waals surface area contributed by atoms with Crippen molar-refractivity contribution in [1.82, 2.24) is 16.2 Å². The Balaban J connectivity index is 1.91. The maximum atomic E-state index is 12.5. The number of carbonyl (C=O) groups excluding carboxylic acids is 3. The van der Waals surface area contributed by atoms with Crippen LogP contribution in [0.15, 0.2) is 53.0 Å². The summed E-state index contributed by atoms with van der Waals surface area (Å²) in [6.07, 6.45) is -0.834. The van der Waals surface area contributed by atoms with Crippen LogP contribution in [0.3, 0.4) is 0 Å². The highest BCUT2D eigenvalue weighted by atomic mass is 79.9. The van der Waals surface area contributed by atoms with Gasteiger partial charge in [-0.2, -0.15) is 0 Å². The molecular weight excluding hydrogens is 450 g/mol. The molecule has 30 heavy (non-hydrogen) atoms. The van der Waals surface area contributed by atoms with E-state index in [1.807, 2.05) is 25.1 Å². The Morgan fingerprint density at radius 1 is 0.933 bits per heavy atom. The largest absolute Gasteiger partial charge is 0.481 e. The van der Waals surface area contributed by atoms with Crippen LogP contribution in [-0.2, 0) is 9.59 Å². The minimum atomic E-state index is -0.834. The van der Waals surface area contributed by atoms with E-state index < -0.39 is 24.0 Å². The van der Waals surface area contributed by atoms with Gasteiger partial charge in [0.15, 0.2) is 6.10 Å². The predicted octanol–water partition coefficient (Wildman–Crippen LogP) is 3.13. The summed E-state index contributed by atoms with van der Waals surface area (Å²) in [6, 6.07) is 13.3. The minimum absolute atomic E-state index is 0.188. The van der Waals surface area contributed by atoms with Gasteiger partial charge in [0, 0.05) is 10.0 Å². The number of nitrogens with one attached hydrogen (secondary N) is 3. The van der Waals surface area contributed by atoms with Gasteiger partial charge in [0.05, 0.1) is 0 Å². The topological polar surface area (TPSA) is 96.5 Å². The van der Waals surface area contributed by atoms with E-state index in [1.165, 1.54) is 0 Å². The molecule has 0 bridgehead atoms. The Hall–Kier alpha value is -2.87. The Bertz CT molecular complexity index is 900. The molecular formula is C22H26BrN3O4. The SMILES string of the molecule is Cc1ccc(C(=O)NC(C(=O)NNC(=O)C(C)Oc2cccc(Br)c2)C(C)C)cc1. The monoisotopic (exact) mass is 475 g/mol. The number of ether oxygens (including phenoxy) is 1. The summed E-state index contributed by atoms with van der Waals surface area (Å²) in [5.74, 6) is -1.07. The Morgan fingerprint density at radius 2 is 1.57 bits per heavy atom. The highest BCUT2D eigenvalue weighted by Crippen LogP contribution is 2.18. The van der Waals surface area contributed by atoms with Crippen molar-refractivity contribution in [2.75, 3.05) is 0 Å². The molecule has 0 saturated heterocycles. The predicted molar refractivity (Wildman–Crippen MR) is 118 cm³/mol. The van der Waals surface area contributed by atoms with Gasteiger partial charge in [-0.1, -0.05) is 53.5 Å². The smallest absolute Gasteiger partial charge is 0.279 e. The number of aryl methyl sites for hydroxylation is 1. The molecule has 2 aromatic carbocycles. The van der Waals surface area contributed by atoms with Gasteiger partial charge >= 0.3 is 0 Å². The lowest BCUT2D eigenvalue weighted by atomic mass is 10.0. The van der Waals surface area contributed by atoms with Crippen LogP contribution in [0.25, 0.3) is 0 Å². The average Bonchev–Trinajstić information content (AvgIpc) is 2.70. The fraction of sp³-hybridized carbons (Fsp3) is 0.318. The number of benzene rings is 2. The molecule has 3 N–H and O–H groups in total. The van der Waals surface area contributed by atoms with E-state index in [-0.39, 0.29) is 11.8 Å². The molecule has 8 heteroatoms. The zero-order valence-electron chi connectivity index (χ0n) is 17.4. The second-order valence-corrected chi connectivity index (χ2v) is 8.17. The van der Waals surface area contributed by atoms with E-state index in [9.17, 15) is 14.4 Å². The van der Waals surface area contributed by atoms with Crippen molar-refractivity contribution in [2.45, 2.75) is 39.8 Å². The summed E-state index contributed by atoms with van der Waals surface area (Å²) < 4.78 is 6.39. The minimum Gasteiger partial charge on any atom is -0.481 e. The molecule has 2 unspecified atom stereocenters. The zero-order chi connectivity index (χ0) is 22.3. The standard InChI is InChI=1S/C22H26BrN3O4/c1-13(2)19(24-21(28)16-10-8-14(3)9-11-16)22(29)26-25-20(27)15(4)30-18-7-5-6-17(23)12-18/h5-13,15,19H,1-4H3,(H,24,28)(H,25,27)(H,26,29). The highest BCUT2D eigenvalue weighted by molar-refractivity contribution is 9.10. The van der Waals surface area contributed by atoms with Crippen molar-refractivity contribution in [3.63, 3.8) is 0 Å². The van der Waals surface area contributed by atoms with Crippen molar-refractivity contribution in [3.8, 4) is 5.75 Å². The molecule has 0 saturated carbocycles. The van der Waals surface area contributed by atoms with Gasteiger partial charge in [0.25, 0.3) is 17.7 Å². The van der Waals surface area contributed by atoms with Gasteiger partial charge in [-0.3, -0.25) is 25.2 Å². The third-order valence-corrected chi connectivity index (χ3v) is 4.83. The molecule has 0 aliphatic heterocycles. The van der Waals surface area contributed by atoms with E-state index in [4.69, 9.17) is 4.74 Å². The molecule has 0 aliphatic rings. The number of amides is 3. The van der Waals surface area contributed by atoms with E-state index in [0.29, 0.717) is 11.3 Å². The molecule has 2 rings (SSSR count). The second-order valence-electron chi connectivity index (χ2n) is 7.26. The summed E-state index contributed by atoms with van der Waals surface area (Å²) in [5.41, 5.74) is 6.20. The Labute approximate surface area is 184 Å². The molecule has 160 valence electrons. The summed E-state index contributed by atoms with van der Waals surface area (Å²) in [5, 5.41) is 2.71. The van der Waals surface area contributed by atoms with Crippen LogP contribution in [0, 0.1) is 12.8 Å². The van der Waals surface area contributed by atoms with Crippen molar-refractivity contribution in [2.24, 2.45) is 5.92 Å². The molecule has 0 spiro atoms. The molecule has 2 atom stereocenters. The Kier molecular flexibility index (Phi) is 8.41. The summed E-state index contributed by atoms with van der Waals surface area (Å²) in [7, 11) is 0. The van der Waals surface area contributed by atoms with Crippen molar-refractivity contribution in [1.29, 1.82) is 0 Å². The summed E-state index contributed by atoms with van der Waals surface area (Å²) >= 11 is 3.34. The molecule has 0 aliphatic carbocycles. The number of rotatable bonds is 7. The van der Waals surface area contributed by atoms with Crippen LogP contribution in [-0.4, -0.2) is 29.9 Å². The third-order valence-electron chi connectivity index (χ3n) is 4.34. The van der Waals surface area contributed by atoms with Crippen molar-refractivity contribution >= 4 is 33.7 Å². The van der Waals surface area contributed by atoms with Crippen molar-refractivity contribution in [3.05, 3.63) is 64.1 Å². The second kappa shape index (κ2) is 10.8. The number of hydrazine groups is 1. The molecule has 3 amide bonds. The first-order chi connectivity index (χ1) is 14.2. The lowest BCUT2D eigenvalue weighted by molar-refractivity contribution is -0.133. The normalized spacial score (nSPS) is 12.6. The number of halogens is 1. The first-order valence-electron chi connectivity index (χ1n) is 9.57. The van der Waals surface area contributed by atoms with E-state index in [2.05, 4.69) is 32.1 Å². The van der Waals surface area contributed by atoms with Gasteiger partial charge in [0.1, 0.15) is 11.8 Å². The molecule has 7 nitrogen and oxygen atoms in total. The number of hydrogen-bond donors (Lipinski definition) is 3. The first-order valence-corrected chi connectivity index (χ1v) is 10.4. The lowest BCUT2D eigenvalue weighted by Crippen LogP contribution is -2.55. The average molecular weight is 476 g/mol. The van der Waals surface area contributed by atoms with Crippen molar-refractivity contribution < 1.29 is 19.1 Å². The number of carbonyl (C=O) groups is 3. The van der Waals surface area contributed by atoms with Crippen LogP contribution in [0.2, 0.25) is 0 Å². The molecule has 2 aromatic rings. The van der Waals surface area contributed by atoms with E-state index in [1.54, 1.807) is 51.1 Å². The maximum absolute atomic E-state index is 12.5. The lowest BCUT2D eigenvalue weighted by Gasteiger charge is -2.22. The van der Waals surface area contributed by atoms with Gasteiger partial charge in [0.2, 0.25) is 0 Å². The molecule has 0 radical (unpaired) electrons.